The smallest absolute Gasteiger partial charge is 0.166 e. The van der Waals surface area contributed by atoms with Crippen molar-refractivity contribution in [2.24, 2.45) is 0 Å². The van der Waals surface area contributed by atoms with Gasteiger partial charge in [0.1, 0.15) is 0 Å². The molecule has 1 aromatic rings. The van der Waals surface area contributed by atoms with Gasteiger partial charge in [0.25, 0.3) is 0 Å². The van der Waals surface area contributed by atoms with E-state index in [1.165, 1.54) is 0 Å². The predicted molar refractivity (Wildman–Crippen MR) is 64.6 cm³/mol. The molecule has 15 heavy (non-hydrogen) atoms. The molecule has 0 aromatic carbocycles. The van der Waals surface area contributed by atoms with Gasteiger partial charge < -0.3 is 16.0 Å². The van der Waals surface area contributed by atoms with Crippen molar-refractivity contribution in [1.29, 1.82) is 0 Å². The summed E-state index contributed by atoms with van der Waals surface area (Å²) in [7, 11) is 0. The molecule has 0 atom stereocenters. The molecule has 5 nitrogen and oxygen atoms in total. The van der Waals surface area contributed by atoms with E-state index in [0.717, 1.165) is 31.9 Å². The Balaban J connectivity index is 1.95. The highest BCUT2D eigenvalue weighted by Crippen LogP contribution is 1.88. The van der Waals surface area contributed by atoms with Crippen LogP contribution in [0.3, 0.4) is 0 Å². The quantitative estimate of drug-likeness (QED) is 0.406. The fourth-order valence-electron chi connectivity index (χ4n) is 1.09. The number of hydrogen-bond acceptors (Lipinski definition) is 3. The number of nitrogens with one attached hydrogen (secondary N) is 4. The van der Waals surface area contributed by atoms with Crippen molar-refractivity contribution < 1.29 is 0 Å². The van der Waals surface area contributed by atoms with Crippen LogP contribution >= 0.6 is 12.2 Å². The Morgan fingerprint density at radius 3 is 3.00 bits per heavy atom. The van der Waals surface area contributed by atoms with Gasteiger partial charge in [-0.05, 0) is 25.2 Å². The minimum atomic E-state index is 0.707. The first-order valence-electron chi connectivity index (χ1n) is 5.04. The Labute approximate surface area is 95.0 Å². The van der Waals surface area contributed by atoms with Crippen molar-refractivity contribution in [3.63, 3.8) is 0 Å². The zero-order valence-electron chi connectivity index (χ0n) is 8.84. The molecule has 0 amide bonds. The number of aromatic nitrogens is 2. The minimum Gasteiger partial charge on any atom is -0.363 e. The summed E-state index contributed by atoms with van der Waals surface area (Å²) in [5, 5.41) is 16.9. The van der Waals surface area contributed by atoms with E-state index >= 15 is 0 Å². The Morgan fingerprint density at radius 1 is 1.47 bits per heavy atom. The van der Waals surface area contributed by atoms with E-state index < -0.39 is 0 Å². The van der Waals surface area contributed by atoms with E-state index in [4.69, 9.17) is 12.2 Å². The van der Waals surface area contributed by atoms with Crippen LogP contribution in [0.4, 0.5) is 0 Å². The zero-order valence-corrected chi connectivity index (χ0v) is 9.66. The zero-order chi connectivity index (χ0) is 10.9. The topological polar surface area (TPSA) is 64.8 Å². The van der Waals surface area contributed by atoms with Gasteiger partial charge in [-0.2, -0.15) is 5.10 Å². The molecule has 0 bridgehead atoms. The first-order valence-corrected chi connectivity index (χ1v) is 5.45. The number of rotatable bonds is 6. The van der Waals surface area contributed by atoms with Crippen molar-refractivity contribution in [2.45, 2.75) is 13.5 Å². The molecule has 0 aliphatic rings. The van der Waals surface area contributed by atoms with Gasteiger partial charge in [0.15, 0.2) is 5.11 Å². The van der Waals surface area contributed by atoms with E-state index in [2.05, 4.69) is 26.1 Å². The summed E-state index contributed by atoms with van der Waals surface area (Å²) >= 11 is 5.02. The molecule has 1 aromatic heterocycles. The first kappa shape index (κ1) is 11.9. The van der Waals surface area contributed by atoms with E-state index in [1.807, 2.05) is 19.2 Å². The van der Waals surface area contributed by atoms with Gasteiger partial charge in [-0.3, -0.25) is 5.10 Å². The second-order valence-electron chi connectivity index (χ2n) is 3.03. The molecule has 0 aliphatic carbocycles. The SMILES string of the molecule is CCNC(=S)NCCNCc1cc[nH]n1. The highest BCUT2D eigenvalue weighted by atomic mass is 32.1. The minimum absolute atomic E-state index is 0.707. The van der Waals surface area contributed by atoms with Crippen molar-refractivity contribution in [1.82, 2.24) is 26.1 Å². The highest BCUT2D eigenvalue weighted by Gasteiger charge is 1.94. The molecule has 6 heteroatoms. The van der Waals surface area contributed by atoms with Crippen molar-refractivity contribution in [3.05, 3.63) is 18.0 Å². The van der Waals surface area contributed by atoms with Crippen molar-refractivity contribution in [2.75, 3.05) is 19.6 Å². The standard InChI is InChI=1S/C9H17N5S/c1-2-11-9(15)12-6-5-10-7-8-3-4-13-14-8/h3-4,10H,2,5-7H2,1H3,(H,13,14)(H2,11,12,15). The van der Waals surface area contributed by atoms with Gasteiger partial charge in [0.05, 0.1) is 5.69 Å². The molecule has 0 unspecified atom stereocenters. The maximum Gasteiger partial charge on any atom is 0.166 e. The van der Waals surface area contributed by atoms with Crippen LogP contribution in [0.2, 0.25) is 0 Å². The van der Waals surface area contributed by atoms with Crippen LogP contribution in [0.25, 0.3) is 0 Å². The van der Waals surface area contributed by atoms with Gasteiger partial charge in [-0.1, -0.05) is 0 Å². The lowest BCUT2D eigenvalue weighted by molar-refractivity contribution is 0.657. The van der Waals surface area contributed by atoms with Crippen LogP contribution in [0.1, 0.15) is 12.6 Å². The molecule has 84 valence electrons. The Bertz CT molecular complexity index is 272. The number of hydrogen-bond donors (Lipinski definition) is 4. The maximum absolute atomic E-state index is 5.02. The van der Waals surface area contributed by atoms with Gasteiger partial charge in [-0.15, -0.1) is 0 Å². The number of H-pyrrole nitrogens is 1. The molecule has 0 saturated carbocycles. The van der Waals surface area contributed by atoms with Crippen LogP contribution < -0.4 is 16.0 Å². The lowest BCUT2D eigenvalue weighted by Crippen LogP contribution is -2.38. The largest absolute Gasteiger partial charge is 0.363 e. The normalized spacial score (nSPS) is 9.93. The fourth-order valence-corrected chi connectivity index (χ4v) is 1.34. The summed E-state index contributed by atoms with van der Waals surface area (Å²) in [6.45, 7) is 5.32. The summed E-state index contributed by atoms with van der Waals surface area (Å²) in [6.07, 6.45) is 1.82. The molecule has 0 spiro atoms. The third kappa shape index (κ3) is 5.34. The second kappa shape index (κ2) is 7.19. The Morgan fingerprint density at radius 2 is 2.33 bits per heavy atom. The van der Waals surface area contributed by atoms with Crippen molar-refractivity contribution >= 4 is 17.3 Å². The number of aromatic amines is 1. The average Bonchev–Trinajstić information content (AvgIpc) is 2.70. The van der Waals surface area contributed by atoms with Gasteiger partial charge in [-0.25, -0.2) is 0 Å². The monoisotopic (exact) mass is 227 g/mol. The Kier molecular flexibility index (Phi) is 5.72. The van der Waals surface area contributed by atoms with Gasteiger partial charge in [0, 0.05) is 32.4 Å². The van der Waals surface area contributed by atoms with Crippen molar-refractivity contribution in [3.8, 4) is 0 Å². The maximum atomic E-state index is 5.02. The lowest BCUT2D eigenvalue weighted by Gasteiger charge is -2.08. The molecule has 1 heterocycles. The molecular formula is C9H17N5S. The summed E-state index contributed by atoms with van der Waals surface area (Å²) in [6, 6.07) is 1.95. The number of thiocarbonyl (C=S) groups is 1. The highest BCUT2D eigenvalue weighted by molar-refractivity contribution is 7.80. The van der Waals surface area contributed by atoms with E-state index in [0.29, 0.717) is 5.11 Å². The molecular weight excluding hydrogens is 210 g/mol. The van der Waals surface area contributed by atoms with E-state index in [9.17, 15) is 0 Å². The first-order chi connectivity index (χ1) is 7.33. The van der Waals surface area contributed by atoms with E-state index in [-0.39, 0.29) is 0 Å². The van der Waals surface area contributed by atoms with Crippen LogP contribution in [0.5, 0.6) is 0 Å². The molecule has 0 fully saturated rings. The third-order valence-corrected chi connectivity index (χ3v) is 2.08. The van der Waals surface area contributed by atoms with Gasteiger partial charge >= 0.3 is 0 Å². The fraction of sp³-hybridized carbons (Fsp3) is 0.556. The molecule has 0 saturated heterocycles. The average molecular weight is 227 g/mol. The summed E-state index contributed by atoms with van der Waals surface area (Å²) in [5.41, 5.74) is 1.02. The third-order valence-electron chi connectivity index (χ3n) is 1.79. The summed E-state index contributed by atoms with van der Waals surface area (Å²) < 4.78 is 0. The number of nitrogens with zero attached hydrogens (tertiary/aromatic N) is 1. The molecule has 0 radical (unpaired) electrons. The van der Waals surface area contributed by atoms with Gasteiger partial charge in [0.2, 0.25) is 0 Å². The summed E-state index contributed by atoms with van der Waals surface area (Å²) in [4.78, 5) is 0. The second-order valence-corrected chi connectivity index (χ2v) is 3.44. The van der Waals surface area contributed by atoms with E-state index in [1.54, 1.807) is 0 Å². The molecule has 0 aliphatic heterocycles. The molecule has 4 N–H and O–H groups in total. The summed E-state index contributed by atoms with van der Waals surface area (Å²) in [5.74, 6) is 0. The van der Waals surface area contributed by atoms with Crippen LogP contribution in [-0.4, -0.2) is 34.9 Å². The predicted octanol–water partition coefficient (Wildman–Crippen LogP) is -0.0167. The van der Waals surface area contributed by atoms with Crippen LogP contribution in [0, 0.1) is 0 Å². The van der Waals surface area contributed by atoms with Crippen LogP contribution in [0.15, 0.2) is 12.3 Å². The van der Waals surface area contributed by atoms with Crippen LogP contribution in [-0.2, 0) is 6.54 Å². The molecule has 1 rings (SSSR count). The lowest BCUT2D eigenvalue weighted by atomic mass is 10.4. The Hall–Kier alpha value is -1.14.